The summed E-state index contributed by atoms with van der Waals surface area (Å²) >= 11 is 0. The summed E-state index contributed by atoms with van der Waals surface area (Å²) in [5.74, 6) is -1.41. The summed E-state index contributed by atoms with van der Waals surface area (Å²) in [7, 11) is 0. The van der Waals surface area contributed by atoms with Crippen molar-refractivity contribution in [3.8, 4) is 0 Å². The van der Waals surface area contributed by atoms with E-state index < -0.39 is 35.0 Å². The molecule has 0 aliphatic rings. The smallest absolute Gasteiger partial charge is 0.336 e. The van der Waals surface area contributed by atoms with Crippen LogP contribution in [0.3, 0.4) is 0 Å². The minimum Gasteiger partial charge on any atom is -0.462 e. The Kier molecular flexibility index (Phi) is 16.5. The lowest BCUT2D eigenvalue weighted by atomic mass is 10.2. The van der Waals surface area contributed by atoms with Crippen LogP contribution in [0.15, 0.2) is 50.8 Å². The van der Waals surface area contributed by atoms with Crippen LogP contribution in [0.4, 0.5) is 0 Å². The Hall–Kier alpha value is -3.96. The Morgan fingerprint density at radius 3 is 0.929 bits per heavy atom. The van der Waals surface area contributed by atoms with Gasteiger partial charge in [-0.1, -0.05) is 19.7 Å². The average Bonchev–Trinajstić information content (AvgIpc) is 2.93. The highest BCUT2D eigenvalue weighted by atomic mass is 16.5. The quantitative estimate of drug-likeness (QED) is 0.0911. The van der Waals surface area contributed by atoms with Gasteiger partial charge in [-0.15, -0.1) is 0 Å². The van der Waals surface area contributed by atoms with Crippen molar-refractivity contribution < 1.29 is 28.6 Å². The van der Waals surface area contributed by atoms with Gasteiger partial charge in [-0.2, -0.15) is 0 Å². The first-order chi connectivity index (χ1) is 19.9. The monoisotopic (exact) mass is 591 g/mol. The van der Waals surface area contributed by atoms with E-state index in [0.29, 0.717) is 74.5 Å². The third-order valence-electron chi connectivity index (χ3n) is 6.21. The lowest BCUT2D eigenvalue weighted by Gasteiger charge is -2.14. The van der Waals surface area contributed by atoms with Crippen molar-refractivity contribution in [2.24, 2.45) is 0 Å². The summed E-state index contributed by atoms with van der Waals surface area (Å²) in [6.07, 6.45) is 4.86. The summed E-state index contributed by atoms with van der Waals surface area (Å²) in [5.41, 5.74) is -1.08. The molecule has 0 amide bonds. The molecule has 1 aromatic rings. The van der Waals surface area contributed by atoms with Crippen LogP contribution in [0, 0.1) is 0 Å². The zero-order valence-corrected chi connectivity index (χ0v) is 25.2. The van der Waals surface area contributed by atoms with Gasteiger partial charge in [-0.05, 0) is 78.6 Å². The Morgan fingerprint density at radius 2 is 0.714 bits per heavy atom. The molecule has 0 radical (unpaired) electrons. The molecule has 0 saturated heterocycles. The molecule has 234 valence electrons. The lowest BCUT2D eigenvalue weighted by Crippen LogP contribution is -2.54. The number of nitrogens with zero attached hydrogens (tertiary/aromatic N) is 3. The van der Waals surface area contributed by atoms with Gasteiger partial charge in [0.1, 0.15) is 0 Å². The number of hydrogen-bond donors (Lipinski definition) is 0. The van der Waals surface area contributed by atoms with Crippen molar-refractivity contribution in [2.75, 3.05) is 19.8 Å². The second-order valence-electron chi connectivity index (χ2n) is 10.2. The van der Waals surface area contributed by atoms with Crippen LogP contribution in [0.2, 0.25) is 0 Å². The number of unbranched alkanes of at least 4 members (excludes halogenated alkanes) is 6. The van der Waals surface area contributed by atoms with Gasteiger partial charge in [0, 0.05) is 36.4 Å². The Balaban J connectivity index is 2.88. The largest absolute Gasteiger partial charge is 0.462 e. The molecule has 1 heterocycles. The molecule has 0 bridgehead atoms. The van der Waals surface area contributed by atoms with Crippen molar-refractivity contribution in [1.82, 2.24) is 13.7 Å². The normalized spacial score (nSPS) is 10.6. The fraction of sp³-hybridized carbons (Fsp3) is 0.600. The maximum absolute atomic E-state index is 13.2. The third-order valence-corrected chi connectivity index (χ3v) is 6.21. The predicted molar refractivity (Wildman–Crippen MR) is 158 cm³/mol. The minimum absolute atomic E-state index is 0.111. The van der Waals surface area contributed by atoms with Crippen LogP contribution >= 0.6 is 0 Å². The molecular weight excluding hydrogens is 546 g/mol. The molecule has 12 heteroatoms. The number of aromatic nitrogens is 3. The first kappa shape index (κ1) is 36.1. The van der Waals surface area contributed by atoms with E-state index in [1.54, 1.807) is 20.8 Å². The summed E-state index contributed by atoms with van der Waals surface area (Å²) in [4.78, 5) is 74.0. The Bertz CT molecular complexity index is 1110. The van der Waals surface area contributed by atoms with Gasteiger partial charge in [0.25, 0.3) is 0 Å². The zero-order chi connectivity index (χ0) is 31.7. The Labute approximate surface area is 246 Å². The molecule has 0 fully saturated rings. The fourth-order valence-corrected chi connectivity index (χ4v) is 3.77. The molecule has 0 aliphatic heterocycles. The standard InChI is InChI=1S/C30H45N3O9/c1-22(2)25(34)40-19-13-7-10-16-31-28(37)32(17-11-8-14-20-41-26(35)23(3)4)30(39)33(29(31)38)18-12-9-15-21-42-27(36)24(5)6/h1,3,5,7-21H2,2,4,6H3. The molecular formula is C30H45N3O9. The van der Waals surface area contributed by atoms with E-state index in [1.165, 1.54) is 0 Å². The number of rotatable bonds is 21. The van der Waals surface area contributed by atoms with E-state index in [-0.39, 0.29) is 39.5 Å². The van der Waals surface area contributed by atoms with E-state index in [4.69, 9.17) is 14.2 Å². The second-order valence-corrected chi connectivity index (χ2v) is 10.2. The first-order valence-corrected chi connectivity index (χ1v) is 14.3. The Morgan fingerprint density at radius 1 is 0.476 bits per heavy atom. The summed E-state index contributed by atoms with van der Waals surface area (Å²) in [6.45, 7) is 16.2. The molecule has 0 aliphatic carbocycles. The predicted octanol–water partition coefficient (Wildman–Crippen LogP) is 3.04. The highest BCUT2D eigenvalue weighted by Gasteiger charge is 2.15. The van der Waals surface area contributed by atoms with Crippen LogP contribution in [0.1, 0.15) is 78.6 Å². The van der Waals surface area contributed by atoms with Crippen LogP contribution in [0.5, 0.6) is 0 Å². The average molecular weight is 592 g/mol. The van der Waals surface area contributed by atoms with Crippen LogP contribution < -0.4 is 17.1 Å². The van der Waals surface area contributed by atoms with E-state index in [0.717, 1.165) is 13.7 Å². The summed E-state index contributed by atoms with van der Waals surface area (Å²) < 4.78 is 18.4. The molecule has 1 aromatic heterocycles. The molecule has 0 spiro atoms. The number of esters is 3. The second kappa shape index (κ2) is 19.2. The molecule has 42 heavy (non-hydrogen) atoms. The minimum atomic E-state index is -0.671. The number of carbonyl (C=O) groups excluding carboxylic acids is 3. The van der Waals surface area contributed by atoms with E-state index in [2.05, 4.69) is 19.7 Å². The summed E-state index contributed by atoms with van der Waals surface area (Å²) in [6, 6.07) is 0. The number of ether oxygens (including phenoxy) is 3. The number of hydrogen-bond acceptors (Lipinski definition) is 9. The van der Waals surface area contributed by atoms with Gasteiger partial charge in [0.2, 0.25) is 0 Å². The van der Waals surface area contributed by atoms with E-state index in [9.17, 15) is 28.8 Å². The van der Waals surface area contributed by atoms with Gasteiger partial charge >= 0.3 is 35.0 Å². The van der Waals surface area contributed by atoms with Gasteiger partial charge in [0.05, 0.1) is 19.8 Å². The lowest BCUT2D eigenvalue weighted by molar-refractivity contribution is -0.139. The maximum atomic E-state index is 13.2. The van der Waals surface area contributed by atoms with Crippen molar-refractivity contribution in [3.63, 3.8) is 0 Å². The highest BCUT2D eigenvalue weighted by Crippen LogP contribution is 2.03. The molecule has 0 atom stereocenters. The van der Waals surface area contributed by atoms with Gasteiger partial charge < -0.3 is 14.2 Å². The fourth-order valence-electron chi connectivity index (χ4n) is 3.77. The summed E-state index contributed by atoms with van der Waals surface area (Å²) in [5, 5.41) is 0. The van der Waals surface area contributed by atoms with Gasteiger partial charge in [-0.25, -0.2) is 42.5 Å². The molecule has 1 rings (SSSR count). The van der Waals surface area contributed by atoms with Crippen LogP contribution in [-0.2, 0) is 48.2 Å². The highest BCUT2D eigenvalue weighted by molar-refractivity contribution is 5.87. The van der Waals surface area contributed by atoms with Crippen LogP contribution in [-0.4, -0.2) is 51.4 Å². The third kappa shape index (κ3) is 12.7. The van der Waals surface area contributed by atoms with Crippen molar-refractivity contribution in [3.05, 3.63) is 67.9 Å². The maximum Gasteiger partial charge on any atom is 0.336 e. The molecule has 0 saturated carbocycles. The molecule has 0 aromatic carbocycles. The van der Waals surface area contributed by atoms with Crippen molar-refractivity contribution in [2.45, 2.75) is 98.2 Å². The molecule has 0 N–H and O–H groups in total. The SMILES string of the molecule is C=C(C)C(=O)OCCCCCn1c(=O)n(CCCCCOC(=O)C(=C)C)c(=O)n(CCCCCOC(=O)C(=C)C)c1=O. The van der Waals surface area contributed by atoms with E-state index >= 15 is 0 Å². The van der Waals surface area contributed by atoms with Gasteiger partial charge in [-0.3, -0.25) is 0 Å². The van der Waals surface area contributed by atoms with Crippen LogP contribution in [0.25, 0.3) is 0 Å². The van der Waals surface area contributed by atoms with Gasteiger partial charge in [0.15, 0.2) is 0 Å². The molecule has 0 unspecified atom stereocenters. The zero-order valence-electron chi connectivity index (χ0n) is 25.2. The van der Waals surface area contributed by atoms with Crippen molar-refractivity contribution in [1.29, 1.82) is 0 Å². The topological polar surface area (TPSA) is 145 Å². The van der Waals surface area contributed by atoms with Crippen molar-refractivity contribution >= 4 is 17.9 Å². The first-order valence-electron chi connectivity index (χ1n) is 14.3. The number of carbonyl (C=O) groups is 3. The molecule has 12 nitrogen and oxygen atoms in total. The van der Waals surface area contributed by atoms with E-state index in [1.807, 2.05) is 0 Å².